The van der Waals surface area contributed by atoms with Crippen LogP contribution in [0.4, 0.5) is 0 Å². The number of halogens is 1. The summed E-state index contributed by atoms with van der Waals surface area (Å²) in [7, 11) is -3.15. The van der Waals surface area contributed by atoms with E-state index >= 15 is 0 Å². The summed E-state index contributed by atoms with van der Waals surface area (Å²) >= 11 is 3.40. The first-order valence-electron chi connectivity index (χ1n) is 5.46. The fourth-order valence-electron chi connectivity index (χ4n) is 1.69. The van der Waals surface area contributed by atoms with Crippen LogP contribution in [-0.4, -0.2) is 14.7 Å². The van der Waals surface area contributed by atoms with Crippen LogP contribution in [0.25, 0.3) is 11.1 Å². The highest BCUT2D eigenvalue weighted by Gasteiger charge is 2.08. The zero-order valence-electron chi connectivity index (χ0n) is 9.93. The molecule has 94 valence electrons. The molecule has 0 radical (unpaired) electrons. The molecule has 0 aliphatic carbocycles. The van der Waals surface area contributed by atoms with Crippen LogP contribution in [0.2, 0.25) is 0 Å². The summed E-state index contributed by atoms with van der Waals surface area (Å²) in [6.45, 7) is 0. The van der Waals surface area contributed by atoms with E-state index < -0.39 is 9.84 Å². The predicted molar refractivity (Wildman–Crippen MR) is 77.6 cm³/mol. The number of sulfone groups is 1. The van der Waals surface area contributed by atoms with Gasteiger partial charge in [-0.3, -0.25) is 0 Å². The Hall–Kier alpha value is -1.13. The molecule has 0 amide bonds. The van der Waals surface area contributed by atoms with Crippen LogP contribution in [0.15, 0.2) is 53.4 Å². The standard InChI is InChI=1S/C14H13BrO2S/c1-18(16,17)14-4-2-3-13(9-14)12-7-5-11(10-15)6-8-12/h2-9H,10H2,1H3. The van der Waals surface area contributed by atoms with Gasteiger partial charge in [-0.15, -0.1) is 0 Å². The second-order valence-electron chi connectivity index (χ2n) is 4.13. The van der Waals surface area contributed by atoms with Crippen molar-refractivity contribution in [2.75, 3.05) is 6.26 Å². The summed E-state index contributed by atoms with van der Waals surface area (Å²) in [6.07, 6.45) is 1.22. The average molecular weight is 325 g/mol. The van der Waals surface area contributed by atoms with E-state index in [1.807, 2.05) is 30.3 Å². The molecule has 0 saturated heterocycles. The molecule has 2 rings (SSSR count). The first kappa shape index (κ1) is 13.3. The Bertz CT molecular complexity index is 646. The van der Waals surface area contributed by atoms with Crippen LogP contribution in [0.1, 0.15) is 5.56 Å². The lowest BCUT2D eigenvalue weighted by atomic mass is 10.0. The third-order valence-corrected chi connectivity index (χ3v) is 4.46. The van der Waals surface area contributed by atoms with Gasteiger partial charge in [-0.2, -0.15) is 0 Å². The smallest absolute Gasteiger partial charge is 0.175 e. The second kappa shape index (κ2) is 5.24. The second-order valence-corrected chi connectivity index (χ2v) is 6.71. The van der Waals surface area contributed by atoms with Crippen molar-refractivity contribution in [1.82, 2.24) is 0 Å². The summed E-state index contributed by atoms with van der Waals surface area (Å²) in [6, 6.07) is 15.1. The molecule has 2 aromatic carbocycles. The highest BCUT2D eigenvalue weighted by Crippen LogP contribution is 2.23. The van der Waals surface area contributed by atoms with Crippen LogP contribution in [-0.2, 0) is 15.2 Å². The summed E-state index contributed by atoms with van der Waals surface area (Å²) in [5.41, 5.74) is 3.13. The molecule has 0 aliphatic heterocycles. The maximum Gasteiger partial charge on any atom is 0.175 e. The van der Waals surface area contributed by atoms with Crippen LogP contribution < -0.4 is 0 Å². The van der Waals surface area contributed by atoms with Gasteiger partial charge in [-0.1, -0.05) is 52.3 Å². The predicted octanol–water partition coefficient (Wildman–Crippen LogP) is 3.65. The van der Waals surface area contributed by atoms with E-state index in [9.17, 15) is 8.42 Å². The van der Waals surface area contributed by atoms with Gasteiger partial charge in [0, 0.05) is 11.6 Å². The van der Waals surface area contributed by atoms with Gasteiger partial charge in [-0.25, -0.2) is 8.42 Å². The van der Waals surface area contributed by atoms with Crippen LogP contribution in [0.3, 0.4) is 0 Å². The molecule has 0 saturated carbocycles. The molecule has 0 unspecified atom stereocenters. The monoisotopic (exact) mass is 324 g/mol. The van der Waals surface area contributed by atoms with Gasteiger partial charge in [0.05, 0.1) is 4.90 Å². The van der Waals surface area contributed by atoms with Crippen LogP contribution in [0.5, 0.6) is 0 Å². The molecule has 0 bridgehead atoms. The Labute approximate surface area is 116 Å². The van der Waals surface area contributed by atoms with E-state index in [1.165, 1.54) is 11.8 Å². The number of hydrogen-bond acceptors (Lipinski definition) is 2. The summed E-state index contributed by atoms with van der Waals surface area (Å²) in [5, 5.41) is 0.816. The third-order valence-electron chi connectivity index (χ3n) is 2.70. The van der Waals surface area contributed by atoms with E-state index in [0.717, 1.165) is 16.5 Å². The highest BCUT2D eigenvalue weighted by atomic mass is 79.9. The molecule has 0 heterocycles. The number of rotatable bonds is 3. The van der Waals surface area contributed by atoms with Crippen molar-refractivity contribution < 1.29 is 8.42 Å². The number of alkyl halides is 1. The molecule has 0 aliphatic rings. The van der Waals surface area contributed by atoms with Gasteiger partial charge in [0.1, 0.15) is 0 Å². The van der Waals surface area contributed by atoms with Gasteiger partial charge in [0.2, 0.25) is 0 Å². The minimum absolute atomic E-state index is 0.351. The Morgan fingerprint density at radius 2 is 1.67 bits per heavy atom. The fraction of sp³-hybridized carbons (Fsp3) is 0.143. The molecule has 0 N–H and O–H groups in total. The molecule has 0 fully saturated rings. The van der Waals surface area contributed by atoms with Crippen LogP contribution in [0, 0.1) is 0 Å². The summed E-state index contributed by atoms with van der Waals surface area (Å²) in [4.78, 5) is 0.351. The molecule has 0 spiro atoms. The SMILES string of the molecule is CS(=O)(=O)c1cccc(-c2ccc(CBr)cc2)c1. The largest absolute Gasteiger partial charge is 0.224 e. The van der Waals surface area contributed by atoms with Crippen molar-refractivity contribution in [3.63, 3.8) is 0 Å². The average Bonchev–Trinajstić information content (AvgIpc) is 2.38. The maximum absolute atomic E-state index is 11.5. The summed E-state index contributed by atoms with van der Waals surface area (Å²) in [5.74, 6) is 0. The van der Waals surface area contributed by atoms with Gasteiger partial charge >= 0.3 is 0 Å². The van der Waals surface area contributed by atoms with Crippen molar-refractivity contribution in [2.45, 2.75) is 10.2 Å². The Balaban J connectivity index is 2.44. The molecule has 0 aromatic heterocycles. The quantitative estimate of drug-likeness (QED) is 0.807. The molecule has 18 heavy (non-hydrogen) atoms. The maximum atomic E-state index is 11.5. The van der Waals surface area contributed by atoms with Gasteiger partial charge < -0.3 is 0 Å². The molecular weight excluding hydrogens is 312 g/mol. The first-order chi connectivity index (χ1) is 8.50. The Morgan fingerprint density at radius 1 is 1.00 bits per heavy atom. The molecule has 4 heteroatoms. The van der Waals surface area contributed by atoms with Crippen molar-refractivity contribution in [3.05, 3.63) is 54.1 Å². The molecule has 2 aromatic rings. The lowest BCUT2D eigenvalue weighted by molar-refractivity contribution is 0.602. The molecule has 2 nitrogen and oxygen atoms in total. The normalized spacial score (nSPS) is 11.4. The molecular formula is C14H13BrO2S. The van der Waals surface area contributed by atoms with Crippen molar-refractivity contribution >= 4 is 25.8 Å². The van der Waals surface area contributed by atoms with E-state index in [0.29, 0.717) is 4.90 Å². The lowest BCUT2D eigenvalue weighted by Crippen LogP contribution is -1.96. The zero-order chi connectivity index (χ0) is 13.2. The summed E-state index contributed by atoms with van der Waals surface area (Å²) < 4.78 is 23.0. The Morgan fingerprint density at radius 3 is 2.22 bits per heavy atom. The fourth-order valence-corrected chi connectivity index (χ4v) is 2.73. The van der Waals surface area contributed by atoms with Crippen molar-refractivity contribution in [2.24, 2.45) is 0 Å². The van der Waals surface area contributed by atoms with E-state index in [2.05, 4.69) is 15.9 Å². The van der Waals surface area contributed by atoms with Crippen molar-refractivity contribution in [3.8, 4) is 11.1 Å². The first-order valence-corrected chi connectivity index (χ1v) is 8.47. The van der Waals surface area contributed by atoms with Gasteiger partial charge in [0.25, 0.3) is 0 Å². The zero-order valence-corrected chi connectivity index (χ0v) is 12.3. The lowest BCUT2D eigenvalue weighted by Gasteiger charge is -2.05. The molecule has 0 atom stereocenters. The van der Waals surface area contributed by atoms with E-state index in [-0.39, 0.29) is 0 Å². The number of hydrogen-bond donors (Lipinski definition) is 0. The van der Waals surface area contributed by atoms with Crippen molar-refractivity contribution in [1.29, 1.82) is 0 Å². The minimum Gasteiger partial charge on any atom is -0.224 e. The topological polar surface area (TPSA) is 34.1 Å². The third kappa shape index (κ3) is 3.00. The van der Waals surface area contributed by atoms with Gasteiger partial charge in [0.15, 0.2) is 9.84 Å². The van der Waals surface area contributed by atoms with E-state index in [1.54, 1.807) is 18.2 Å². The minimum atomic E-state index is -3.15. The Kier molecular flexibility index (Phi) is 3.88. The number of benzene rings is 2. The van der Waals surface area contributed by atoms with Crippen LogP contribution >= 0.6 is 15.9 Å². The van der Waals surface area contributed by atoms with Gasteiger partial charge in [-0.05, 0) is 28.8 Å². The van der Waals surface area contributed by atoms with E-state index in [4.69, 9.17) is 0 Å². The highest BCUT2D eigenvalue weighted by molar-refractivity contribution is 9.08.